The molecule has 0 saturated heterocycles. The van der Waals surface area contributed by atoms with Crippen molar-refractivity contribution in [2.75, 3.05) is 19.6 Å². The van der Waals surface area contributed by atoms with Crippen LogP contribution in [0.1, 0.15) is 31.9 Å². The third-order valence-electron chi connectivity index (χ3n) is 3.11. The van der Waals surface area contributed by atoms with Crippen LogP contribution in [0, 0.1) is 0 Å². The largest absolute Gasteiger partial charge is 0.348 e. The van der Waals surface area contributed by atoms with Crippen LogP contribution in [0.5, 0.6) is 0 Å². The normalized spacial score (nSPS) is 12.7. The van der Waals surface area contributed by atoms with Crippen LogP contribution in [0.4, 0.5) is 8.78 Å². The van der Waals surface area contributed by atoms with Gasteiger partial charge in [0, 0.05) is 10.0 Å². The van der Waals surface area contributed by atoms with E-state index in [4.69, 9.17) is 23.2 Å². The fraction of sp³-hybridized carbons (Fsp3) is 0.533. The molecule has 3 nitrogen and oxygen atoms in total. The van der Waals surface area contributed by atoms with E-state index in [1.54, 1.807) is 25.1 Å². The zero-order chi connectivity index (χ0) is 16.7. The SMILES string of the molecule is CCCN(CC(=O)NC(C)c1ccc(Cl)cc1Cl)CC(F)F. The second kappa shape index (κ2) is 9.28. The maximum atomic E-state index is 12.5. The van der Waals surface area contributed by atoms with Crippen LogP contribution < -0.4 is 5.32 Å². The van der Waals surface area contributed by atoms with Gasteiger partial charge < -0.3 is 5.32 Å². The molecule has 0 aliphatic carbocycles. The molecule has 0 spiro atoms. The highest BCUT2D eigenvalue weighted by Gasteiger charge is 2.17. The Morgan fingerprint density at radius 3 is 2.59 bits per heavy atom. The van der Waals surface area contributed by atoms with Gasteiger partial charge in [-0.25, -0.2) is 8.78 Å². The van der Waals surface area contributed by atoms with Crippen LogP contribution in [0.3, 0.4) is 0 Å². The van der Waals surface area contributed by atoms with Crippen molar-refractivity contribution >= 4 is 29.1 Å². The molecule has 0 aliphatic heterocycles. The van der Waals surface area contributed by atoms with Gasteiger partial charge in [0.2, 0.25) is 5.91 Å². The van der Waals surface area contributed by atoms with Crippen LogP contribution in [0.15, 0.2) is 18.2 Å². The second-order valence-corrected chi connectivity index (χ2v) is 5.92. The lowest BCUT2D eigenvalue weighted by atomic mass is 10.1. The van der Waals surface area contributed by atoms with Crippen molar-refractivity contribution in [1.29, 1.82) is 0 Å². The van der Waals surface area contributed by atoms with E-state index in [9.17, 15) is 13.6 Å². The predicted molar refractivity (Wildman–Crippen MR) is 85.8 cm³/mol. The third kappa shape index (κ3) is 6.46. The molecule has 1 amide bonds. The second-order valence-electron chi connectivity index (χ2n) is 5.08. The summed E-state index contributed by atoms with van der Waals surface area (Å²) < 4.78 is 24.9. The summed E-state index contributed by atoms with van der Waals surface area (Å²) in [6.45, 7) is 3.65. The molecule has 0 heterocycles. The summed E-state index contributed by atoms with van der Waals surface area (Å²) in [5.41, 5.74) is 0.732. The van der Waals surface area contributed by atoms with E-state index >= 15 is 0 Å². The molecular formula is C15H20Cl2F2N2O. The number of amides is 1. The van der Waals surface area contributed by atoms with E-state index in [0.29, 0.717) is 23.0 Å². The highest BCUT2D eigenvalue weighted by Crippen LogP contribution is 2.26. The molecule has 0 bridgehead atoms. The molecule has 1 N–H and O–H groups in total. The molecule has 0 aliphatic rings. The van der Waals surface area contributed by atoms with Gasteiger partial charge in [-0.15, -0.1) is 0 Å². The maximum Gasteiger partial charge on any atom is 0.251 e. The van der Waals surface area contributed by atoms with Crippen molar-refractivity contribution in [3.8, 4) is 0 Å². The van der Waals surface area contributed by atoms with Crippen LogP contribution >= 0.6 is 23.2 Å². The minimum absolute atomic E-state index is 0.0618. The molecule has 1 atom stereocenters. The number of rotatable bonds is 8. The van der Waals surface area contributed by atoms with Gasteiger partial charge in [0.05, 0.1) is 19.1 Å². The third-order valence-corrected chi connectivity index (χ3v) is 3.67. The number of hydrogen-bond acceptors (Lipinski definition) is 2. The average Bonchev–Trinajstić information content (AvgIpc) is 2.37. The summed E-state index contributed by atoms with van der Waals surface area (Å²) in [4.78, 5) is 13.4. The molecule has 0 aromatic heterocycles. The molecular weight excluding hydrogens is 333 g/mol. The van der Waals surface area contributed by atoms with Crippen molar-refractivity contribution in [2.24, 2.45) is 0 Å². The van der Waals surface area contributed by atoms with Crippen molar-refractivity contribution in [2.45, 2.75) is 32.7 Å². The summed E-state index contributed by atoms with van der Waals surface area (Å²) in [6.07, 6.45) is -1.75. The van der Waals surface area contributed by atoms with Crippen molar-refractivity contribution in [3.05, 3.63) is 33.8 Å². The Balaban J connectivity index is 2.62. The van der Waals surface area contributed by atoms with E-state index in [-0.39, 0.29) is 18.5 Å². The number of alkyl halides is 2. The number of benzene rings is 1. The Hall–Kier alpha value is -0.910. The van der Waals surface area contributed by atoms with Gasteiger partial charge in [0.15, 0.2) is 0 Å². The standard InChI is InChI=1S/C15H20Cl2F2N2O/c1-3-6-21(8-14(18)19)9-15(22)20-10(2)12-5-4-11(16)7-13(12)17/h4-5,7,10,14H,3,6,8-9H2,1-2H3,(H,20,22). The van der Waals surface area contributed by atoms with Crippen LogP contribution in [0.2, 0.25) is 10.0 Å². The number of carbonyl (C=O) groups is 1. The number of carbonyl (C=O) groups excluding carboxylic acids is 1. The van der Waals surface area contributed by atoms with Crippen LogP contribution in [0.25, 0.3) is 0 Å². The zero-order valence-electron chi connectivity index (χ0n) is 12.6. The highest BCUT2D eigenvalue weighted by atomic mass is 35.5. The van der Waals surface area contributed by atoms with Crippen molar-refractivity contribution < 1.29 is 13.6 Å². The molecule has 124 valence electrons. The number of nitrogens with one attached hydrogen (secondary N) is 1. The van der Waals surface area contributed by atoms with E-state index in [1.807, 2.05) is 6.92 Å². The molecule has 0 saturated carbocycles. The average molecular weight is 353 g/mol. The van der Waals surface area contributed by atoms with Gasteiger partial charge in [-0.2, -0.15) is 0 Å². The summed E-state index contributed by atoms with van der Waals surface area (Å²) >= 11 is 11.9. The van der Waals surface area contributed by atoms with Crippen molar-refractivity contribution in [1.82, 2.24) is 10.2 Å². The Labute approximate surface area is 139 Å². The molecule has 7 heteroatoms. The molecule has 22 heavy (non-hydrogen) atoms. The van der Waals surface area contributed by atoms with Gasteiger partial charge in [-0.3, -0.25) is 9.69 Å². The smallest absolute Gasteiger partial charge is 0.251 e. The summed E-state index contributed by atoms with van der Waals surface area (Å²) in [5.74, 6) is -0.312. The lowest BCUT2D eigenvalue weighted by Crippen LogP contribution is -2.40. The highest BCUT2D eigenvalue weighted by molar-refractivity contribution is 6.35. The van der Waals surface area contributed by atoms with Gasteiger partial charge in [0.25, 0.3) is 6.43 Å². The zero-order valence-corrected chi connectivity index (χ0v) is 14.1. The molecule has 1 rings (SSSR count). The summed E-state index contributed by atoms with van der Waals surface area (Å²) in [6, 6.07) is 4.69. The Morgan fingerprint density at radius 2 is 2.05 bits per heavy atom. The number of hydrogen-bond donors (Lipinski definition) is 1. The predicted octanol–water partition coefficient (Wildman–Crippen LogP) is 4.15. The molecule has 0 fully saturated rings. The lowest BCUT2D eigenvalue weighted by Gasteiger charge is -2.22. The van der Waals surface area contributed by atoms with E-state index in [2.05, 4.69) is 5.32 Å². The Kier molecular flexibility index (Phi) is 8.07. The van der Waals surface area contributed by atoms with Crippen molar-refractivity contribution in [3.63, 3.8) is 0 Å². The summed E-state index contributed by atoms with van der Waals surface area (Å²) in [5, 5.41) is 3.73. The number of halogens is 4. The monoisotopic (exact) mass is 352 g/mol. The number of nitrogens with zero attached hydrogens (tertiary/aromatic N) is 1. The van der Waals surface area contributed by atoms with Crippen LogP contribution in [-0.4, -0.2) is 36.9 Å². The minimum atomic E-state index is -2.46. The quantitative estimate of drug-likeness (QED) is 0.762. The first-order valence-electron chi connectivity index (χ1n) is 7.08. The van der Waals surface area contributed by atoms with Crippen LogP contribution in [-0.2, 0) is 4.79 Å². The van der Waals surface area contributed by atoms with E-state index < -0.39 is 13.0 Å². The molecule has 1 aromatic carbocycles. The van der Waals surface area contributed by atoms with E-state index in [0.717, 1.165) is 5.56 Å². The first-order chi connectivity index (χ1) is 10.3. The van der Waals surface area contributed by atoms with Gasteiger partial charge in [-0.05, 0) is 37.6 Å². The van der Waals surface area contributed by atoms with Gasteiger partial charge >= 0.3 is 0 Å². The van der Waals surface area contributed by atoms with Gasteiger partial charge in [0.1, 0.15) is 0 Å². The molecule has 1 unspecified atom stereocenters. The first kappa shape index (κ1) is 19.1. The lowest BCUT2D eigenvalue weighted by molar-refractivity contribution is -0.123. The first-order valence-corrected chi connectivity index (χ1v) is 7.83. The Bertz CT molecular complexity index is 500. The minimum Gasteiger partial charge on any atom is -0.348 e. The van der Waals surface area contributed by atoms with E-state index in [1.165, 1.54) is 4.90 Å². The maximum absolute atomic E-state index is 12.5. The Morgan fingerprint density at radius 1 is 1.36 bits per heavy atom. The van der Waals surface area contributed by atoms with Gasteiger partial charge in [-0.1, -0.05) is 36.2 Å². The fourth-order valence-corrected chi connectivity index (χ4v) is 2.74. The summed E-state index contributed by atoms with van der Waals surface area (Å²) in [7, 11) is 0. The topological polar surface area (TPSA) is 32.3 Å². The fourth-order valence-electron chi connectivity index (χ4n) is 2.17. The molecule has 1 aromatic rings. The molecule has 0 radical (unpaired) electrons.